The third-order valence-corrected chi connectivity index (χ3v) is 6.75. The van der Waals surface area contributed by atoms with E-state index in [1.807, 2.05) is 30.3 Å². The Morgan fingerprint density at radius 3 is 2.25 bits per heavy atom. The molecule has 1 N–H and O–H groups in total. The van der Waals surface area contributed by atoms with Crippen molar-refractivity contribution in [1.82, 2.24) is 4.31 Å². The van der Waals surface area contributed by atoms with Crippen LogP contribution in [0.25, 0.3) is 0 Å². The molecule has 0 saturated carbocycles. The minimum atomic E-state index is -3.66. The highest BCUT2D eigenvalue weighted by Gasteiger charge is 2.32. The summed E-state index contributed by atoms with van der Waals surface area (Å²) in [6.07, 6.45) is 0.955. The summed E-state index contributed by atoms with van der Waals surface area (Å²) in [7, 11) is -0.701. The molecule has 7 nitrogen and oxygen atoms in total. The molecule has 1 saturated heterocycles. The fourth-order valence-electron chi connectivity index (χ4n) is 3.25. The lowest BCUT2D eigenvalue weighted by Gasteiger charge is -2.30. The molecule has 150 valence electrons. The van der Waals surface area contributed by atoms with Crippen LogP contribution < -0.4 is 14.8 Å². The van der Waals surface area contributed by atoms with Crippen molar-refractivity contribution in [3.63, 3.8) is 0 Å². The Bertz CT molecular complexity index is 923. The number of ether oxygens (including phenoxy) is 2. The van der Waals surface area contributed by atoms with Gasteiger partial charge in [0, 0.05) is 30.8 Å². The van der Waals surface area contributed by atoms with Crippen molar-refractivity contribution in [1.29, 1.82) is 0 Å². The summed E-state index contributed by atoms with van der Waals surface area (Å²) in [6.45, 7) is 0.590. The van der Waals surface area contributed by atoms with Gasteiger partial charge in [-0.1, -0.05) is 18.2 Å². The second kappa shape index (κ2) is 8.62. The molecule has 1 amide bonds. The highest BCUT2D eigenvalue weighted by molar-refractivity contribution is 7.89. The van der Waals surface area contributed by atoms with Crippen LogP contribution in [0.4, 0.5) is 5.69 Å². The zero-order valence-electron chi connectivity index (χ0n) is 15.9. The average molecular weight is 404 g/mol. The largest absolute Gasteiger partial charge is 0.493 e. The molecule has 0 radical (unpaired) electrons. The van der Waals surface area contributed by atoms with Crippen molar-refractivity contribution >= 4 is 21.6 Å². The number of para-hydroxylation sites is 1. The molecule has 0 atom stereocenters. The van der Waals surface area contributed by atoms with E-state index in [0.29, 0.717) is 37.4 Å². The van der Waals surface area contributed by atoms with Crippen molar-refractivity contribution in [3.05, 3.63) is 48.5 Å². The topological polar surface area (TPSA) is 84.9 Å². The molecular formula is C20H24N2O5S. The van der Waals surface area contributed by atoms with Crippen LogP contribution in [0.15, 0.2) is 53.4 Å². The molecule has 0 aromatic heterocycles. The molecule has 1 aliphatic rings. The summed E-state index contributed by atoms with van der Waals surface area (Å²) in [6, 6.07) is 13.8. The summed E-state index contributed by atoms with van der Waals surface area (Å²) in [5.74, 6) is 0.546. The first-order valence-corrected chi connectivity index (χ1v) is 10.5. The average Bonchev–Trinajstić information content (AvgIpc) is 2.74. The highest BCUT2D eigenvalue weighted by atomic mass is 32.2. The van der Waals surface area contributed by atoms with Gasteiger partial charge < -0.3 is 14.8 Å². The van der Waals surface area contributed by atoms with Crippen LogP contribution >= 0.6 is 0 Å². The summed E-state index contributed by atoms with van der Waals surface area (Å²) >= 11 is 0. The number of piperidine rings is 1. The number of sulfonamides is 1. The number of benzene rings is 2. The second-order valence-electron chi connectivity index (χ2n) is 6.55. The molecular weight excluding hydrogens is 380 g/mol. The number of carbonyl (C=O) groups excluding carboxylic acids is 1. The number of rotatable bonds is 6. The maximum atomic E-state index is 13.0. The second-order valence-corrected chi connectivity index (χ2v) is 8.49. The standard InChI is InChI=1S/C20H24N2O5S/c1-26-18-9-8-17(14-19(18)27-2)28(24,25)22-12-10-15(11-13-22)20(23)21-16-6-4-3-5-7-16/h3-9,14-15H,10-13H2,1-2H3,(H,21,23). The van der Waals surface area contributed by atoms with Gasteiger partial charge in [-0.25, -0.2) is 8.42 Å². The van der Waals surface area contributed by atoms with E-state index in [9.17, 15) is 13.2 Å². The Morgan fingerprint density at radius 1 is 1.00 bits per heavy atom. The summed E-state index contributed by atoms with van der Waals surface area (Å²) in [5.41, 5.74) is 0.743. The maximum Gasteiger partial charge on any atom is 0.243 e. The minimum absolute atomic E-state index is 0.0747. The zero-order chi connectivity index (χ0) is 20.1. The first-order chi connectivity index (χ1) is 13.5. The normalized spacial score (nSPS) is 15.8. The quantitative estimate of drug-likeness (QED) is 0.800. The Kier molecular flexibility index (Phi) is 6.21. The van der Waals surface area contributed by atoms with Gasteiger partial charge in [0.2, 0.25) is 15.9 Å². The molecule has 28 heavy (non-hydrogen) atoms. The Labute approximate surface area is 165 Å². The zero-order valence-corrected chi connectivity index (χ0v) is 16.7. The van der Waals surface area contributed by atoms with Gasteiger partial charge in [-0.3, -0.25) is 4.79 Å². The molecule has 2 aromatic carbocycles. The van der Waals surface area contributed by atoms with Crippen molar-refractivity contribution in [2.24, 2.45) is 5.92 Å². The van der Waals surface area contributed by atoms with Gasteiger partial charge in [-0.2, -0.15) is 4.31 Å². The van der Waals surface area contributed by atoms with E-state index in [2.05, 4.69) is 5.32 Å². The van der Waals surface area contributed by atoms with Gasteiger partial charge in [0.05, 0.1) is 19.1 Å². The summed E-state index contributed by atoms with van der Waals surface area (Å²) in [5, 5.41) is 2.89. The first-order valence-electron chi connectivity index (χ1n) is 9.04. The number of hydrogen-bond acceptors (Lipinski definition) is 5. The molecule has 0 aliphatic carbocycles. The van der Waals surface area contributed by atoms with E-state index in [-0.39, 0.29) is 16.7 Å². The number of anilines is 1. The van der Waals surface area contributed by atoms with Gasteiger partial charge in [0.25, 0.3) is 0 Å². The Balaban J connectivity index is 1.66. The van der Waals surface area contributed by atoms with Gasteiger partial charge in [-0.05, 0) is 37.1 Å². The van der Waals surface area contributed by atoms with Crippen LogP contribution in [-0.2, 0) is 14.8 Å². The molecule has 1 heterocycles. The minimum Gasteiger partial charge on any atom is -0.493 e. The van der Waals surface area contributed by atoms with E-state index in [1.165, 1.54) is 30.7 Å². The lowest BCUT2D eigenvalue weighted by Crippen LogP contribution is -2.41. The van der Waals surface area contributed by atoms with Crippen LogP contribution in [0.2, 0.25) is 0 Å². The number of methoxy groups -OCH3 is 2. The monoisotopic (exact) mass is 404 g/mol. The first kappa shape index (κ1) is 20.2. The van der Waals surface area contributed by atoms with Crippen LogP contribution in [0, 0.1) is 5.92 Å². The van der Waals surface area contributed by atoms with E-state index < -0.39 is 10.0 Å². The fourth-order valence-corrected chi connectivity index (χ4v) is 4.74. The SMILES string of the molecule is COc1ccc(S(=O)(=O)N2CCC(C(=O)Nc3ccccc3)CC2)cc1OC. The number of hydrogen-bond donors (Lipinski definition) is 1. The van der Waals surface area contributed by atoms with Crippen LogP contribution in [-0.4, -0.2) is 45.9 Å². The van der Waals surface area contributed by atoms with Crippen LogP contribution in [0.3, 0.4) is 0 Å². The number of nitrogens with one attached hydrogen (secondary N) is 1. The molecule has 3 rings (SSSR count). The van der Waals surface area contributed by atoms with E-state index >= 15 is 0 Å². The molecule has 0 spiro atoms. The van der Waals surface area contributed by atoms with Crippen LogP contribution in [0.5, 0.6) is 11.5 Å². The molecule has 2 aromatic rings. The Hall–Kier alpha value is -2.58. The predicted octanol–water partition coefficient (Wildman–Crippen LogP) is 2.74. The van der Waals surface area contributed by atoms with Crippen molar-refractivity contribution in [3.8, 4) is 11.5 Å². The van der Waals surface area contributed by atoms with Gasteiger partial charge >= 0.3 is 0 Å². The lowest BCUT2D eigenvalue weighted by molar-refractivity contribution is -0.120. The summed E-state index contributed by atoms with van der Waals surface area (Å²) < 4.78 is 37.7. The number of nitrogens with zero attached hydrogens (tertiary/aromatic N) is 1. The van der Waals surface area contributed by atoms with Crippen molar-refractivity contribution < 1.29 is 22.7 Å². The van der Waals surface area contributed by atoms with E-state index in [4.69, 9.17) is 9.47 Å². The maximum absolute atomic E-state index is 13.0. The van der Waals surface area contributed by atoms with Crippen molar-refractivity contribution in [2.45, 2.75) is 17.7 Å². The Morgan fingerprint density at radius 2 is 1.64 bits per heavy atom. The summed E-state index contributed by atoms with van der Waals surface area (Å²) in [4.78, 5) is 12.6. The number of carbonyl (C=O) groups is 1. The van der Waals surface area contributed by atoms with E-state index in [1.54, 1.807) is 6.07 Å². The molecule has 8 heteroatoms. The number of amides is 1. The predicted molar refractivity (Wildman–Crippen MR) is 106 cm³/mol. The molecule has 0 unspecified atom stereocenters. The molecule has 0 bridgehead atoms. The van der Waals surface area contributed by atoms with E-state index in [0.717, 1.165) is 5.69 Å². The molecule has 1 fully saturated rings. The third kappa shape index (κ3) is 4.28. The molecule has 1 aliphatic heterocycles. The smallest absolute Gasteiger partial charge is 0.243 e. The van der Waals surface area contributed by atoms with Crippen molar-refractivity contribution in [2.75, 3.05) is 32.6 Å². The highest BCUT2D eigenvalue weighted by Crippen LogP contribution is 2.32. The fraction of sp³-hybridized carbons (Fsp3) is 0.350. The lowest BCUT2D eigenvalue weighted by atomic mass is 9.97. The van der Waals surface area contributed by atoms with Gasteiger partial charge in [0.15, 0.2) is 11.5 Å². The van der Waals surface area contributed by atoms with Gasteiger partial charge in [-0.15, -0.1) is 0 Å². The van der Waals surface area contributed by atoms with Gasteiger partial charge in [0.1, 0.15) is 0 Å². The third-order valence-electron chi connectivity index (χ3n) is 4.86. The van der Waals surface area contributed by atoms with Crippen LogP contribution in [0.1, 0.15) is 12.8 Å².